The second kappa shape index (κ2) is 7.33. The van der Waals surface area contributed by atoms with E-state index in [1.165, 1.54) is 6.20 Å². The summed E-state index contributed by atoms with van der Waals surface area (Å²) in [6.07, 6.45) is 2.36. The van der Waals surface area contributed by atoms with Gasteiger partial charge in [0, 0.05) is 18.1 Å². The van der Waals surface area contributed by atoms with Crippen LogP contribution in [-0.4, -0.2) is 38.4 Å². The maximum atomic E-state index is 12.8. The van der Waals surface area contributed by atoms with Crippen molar-refractivity contribution in [3.8, 4) is 0 Å². The molecule has 0 amide bonds. The number of para-hydroxylation sites is 1. The summed E-state index contributed by atoms with van der Waals surface area (Å²) >= 11 is 0. The van der Waals surface area contributed by atoms with Gasteiger partial charge in [-0.2, -0.15) is 0 Å². The highest BCUT2D eigenvalue weighted by atomic mass is 32.2. The number of hydrogen-bond donors (Lipinski definition) is 0. The number of likely N-dealkylation sites (N-methyl/N-ethyl adjacent to an activating group) is 1. The SMILES string of the molecule is CCN(C)CCc1cccc2cc(S(=O)(=O)c3ccccc3)cnc12. The van der Waals surface area contributed by atoms with Crippen molar-refractivity contribution in [2.24, 2.45) is 0 Å². The molecule has 1 heterocycles. The molecule has 1 aromatic heterocycles. The molecule has 25 heavy (non-hydrogen) atoms. The smallest absolute Gasteiger partial charge is 0.208 e. The van der Waals surface area contributed by atoms with Crippen LogP contribution in [0, 0.1) is 0 Å². The lowest BCUT2D eigenvalue weighted by atomic mass is 10.1. The molecule has 5 heteroatoms. The highest BCUT2D eigenvalue weighted by Crippen LogP contribution is 2.25. The van der Waals surface area contributed by atoms with Crippen LogP contribution in [0.4, 0.5) is 0 Å². The number of fused-ring (bicyclic) bond motifs is 1. The van der Waals surface area contributed by atoms with Crippen LogP contribution in [0.15, 0.2) is 70.6 Å². The van der Waals surface area contributed by atoms with Gasteiger partial charge >= 0.3 is 0 Å². The standard InChI is InChI=1S/C20H22N2O2S/c1-3-22(2)13-12-16-8-7-9-17-14-19(15-21-20(16)17)25(23,24)18-10-5-4-6-11-18/h4-11,14-15H,3,12-13H2,1-2H3. The number of nitrogens with zero attached hydrogens (tertiary/aromatic N) is 2. The summed E-state index contributed by atoms with van der Waals surface area (Å²) < 4.78 is 25.5. The van der Waals surface area contributed by atoms with Gasteiger partial charge in [-0.05, 0) is 43.8 Å². The minimum absolute atomic E-state index is 0.231. The molecule has 0 bridgehead atoms. The Kier molecular flexibility index (Phi) is 5.16. The average molecular weight is 354 g/mol. The van der Waals surface area contributed by atoms with Crippen molar-refractivity contribution < 1.29 is 8.42 Å². The highest BCUT2D eigenvalue weighted by molar-refractivity contribution is 7.91. The fourth-order valence-electron chi connectivity index (χ4n) is 2.76. The Bertz CT molecular complexity index is 969. The Balaban J connectivity index is 1.99. The van der Waals surface area contributed by atoms with Gasteiger partial charge in [-0.3, -0.25) is 4.98 Å². The predicted octanol–water partition coefficient (Wildman–Crippen LogP) is 3.56. The molecule has 0 spiro atoms. The van der Waals surface area contributed by atoms with Crippen molar-refractivity contribution in [1.82, 2.24) is 9.88 Å². The van der Waals surface area contributed by atoms with E-state index in [1.807, 2.05) is 12.1 Å². The first-order valence-electron chi connectivity index (χ1n) is 8.38. The lowest BCUT2D eigenvalue weighted by Crippen LogP contribution is -2.20. The minimum atomic E-state index is -3.54. The van der Waals surface area contributed by atoms with E-state index in [9.17, 15) is 8.42 Å². The van der Waals surface area contributed by atoms with Crippen LogP contribution in [-0.2, 0) is 16.3 Å². The van der Waals surface area contributed by atoms with Gasteiger partial charge in [-0.1, -0.05) is 43.3 Å². The molecule has 130 valence electrons. The van der Waals surface area contributed by atoms with E-state index in [4.69, 9.17) is 0 Å². The topological polar surface area (TPSA) is 50.3 Å². The summed E-state index contributed by atoms with van der Waals surface area (Å²) in [4.78, 5) is 7.24. The van der Waals surface area contributed by atoms with E-state index in [0.29, 0.717) is 0 Å². The number of aromatic nitrogens is 1. The summed E-state index contributed by atoms with van der Waals surface area (Å²) in [6.45, 7) is 4.07. The molecule has 0 N–H and O–H groups in total. The van der Waals surface area contributed by atoms with E-state index in [0.717, 1.165) is 36.0 Å². The van der Waals surface area contributed by atoms with Crippen LogP contribution in [0.1, 0.15) is 12.5 Å². The van der Waals surface area contributed by atoms with Crippen molar-refractivity contribution in [2.45, 2.75) is 23.1 Å². The summed E-state index contributed by atoms with van der Waals surface area (Å²) in [5.41, 5.74) is 2.01. The van der Waals surface area contributed by atoms with Crippen LogP contribution >= 0.6 is 0 Å². The number of hydrogen-bond acceptors (Lipinski definition) is 4. The zero-order chi connectivity index (χ0) is 17.9. The maximum Gasteiger partial charge on any atom is 0.208 e. The Labute approximate surface area is 149 Å². The second-order valence-electron chi connectivity index (χ2n) is 6.12. The van der Waals surface area contributed by atoms with Crippen molar-refractivity contribution in [2.75, 3.05) is 20.1 Å². The summed E-state index contributed by atoms with van der Waals surface area (Å²) in [5, 5.41) is 0.855. The van der Waals surface area contributed by atoms with Crippen LogP contribution in [0.3, 0.4) is 0 Å². The first kappa shape index (κ1) is 17.6. The van der Waals surface area contributed by atoms with Gasteiger partial charge in [0.15, 0.2) is 0 Å². The average Bonchev–Trinajstić information content (AvgIpc) is 2.66. The van der Waals surface area contributed by atoms with E-state index in [-0.39, 0.29) is 9.79 Å². The van der Waals surface area contributed by atoms with Crippen molar-refractivity contribution in [3.63, 3.8) is 0 Å². The van der Waals surface area contributed by atoms with Crippen LogP contribution in [0.25, 0.3) is 10.9 Å². The fourth-order valence-corrected chi connectivity index (χ4v) is 4.02. The Morgan fingerprint density at radius 3 is 2.48 bits per heavy atom. The molecule has 0 radical (unpaired) electrons. The Morgan fingerprint density at radius 2 is 1.76 bits per heavy atom. The number of sulfone groups is 1. The zero-order valence-corrected chi connectivity index (χ0v) is 15.3. The van der Waals surface area contributed by atoms with Gasteiger partial charge in [-0.25, -0.2) is 8.42 Å². The molecule has 2 aromatic carbocycles. The minimum Gasteiger partial charge on any atom is -0.306 e. The van der Waals surface area contributed by atoms with Crippen LogP contribution in [0.2, 0.25) is 0 Å². The third-order valence-corrected chi connectivity index (χ3v) is 6.17. The third kappa shape index (κ3) is 3.72. The van der Waals surface area contributed by atoms with Crippen molar-refractivity contribution in [1.29, 1.82) is 0 Å². The molecule has 0 aliphatic heterocycles. The zero-order valence-electron chi connectivity index (χ0n) is 14.5. The predicted molar refractivity (Wildman–Crippen MR) is 101 cm³/mol. The van der Waals surface area contributed by atoms with E-state index in [2.05, 4.69) is 29.9 Å². The van der Waals surface area contributed by atoms with Crippen LogP contribution in [0.5, 0.6) is 0 Å². The van der Waals surface area contributed by atoms with Crippen LogP contribution < -0.4 is 0 Å². The van der Waals surface area contributed by atoms with E-state index < -0.39 is 9.84 Å². The molecule has 4 nitrogen and oxygen atoms in total. The summed E-state index contributed by atoms with van der Waals surface area (Å²) in [7, 11) is -1.46. The third-order valence-electron chi connectivity index (χ3n) is 4.44. The van der Waals surface area contributed by atoms with Gasteiger partial charge in [-0.15, -0.1) is 0 Å². The maximum absolute atomic E-state index is 12.8. The first-order chi connectivity index (χ1) is 12.0. The molecule has 0 unspecified atom stereocenters. The highest BCUT2D eigenvalue weighted by Gasteiger charge is 2.18. The Morgan fingerprint density at radius 1 is 1.00 bits per heavy atom. The number of rotatable bonds is 6. The quantitative estimate of drug-likeness (QED) is 0.679. The largest absolute Gasteiger partial charge is 0.306 e. The number of pyridine rings is 1. The summed E-state index contributed by atoms with van der Waals surface area (Å²) in [5.74, 6) is 0. The van der Waals surface area contributed by atoms with Crippen molar-refractivity contribution in [3.05, 3.63) is 66.4 Å². The second-order valence-corrected chi connectivity index (χ2v) is 8.07. The molecule has 3 aromatic rings. The molecule has 0 aliphatic rings. The van der Waals surface area contributed by atoms with Gasteiger partial charge in [0.05, 0.1) is 15.3 Å². The van der Waals surface area contributed by atoms with E-state index >= 15 is 0 Å². The molecule has 0 saturated heterocycles. The molecule has 0 aliphatic carbocycles. The monoisotopic (exact) mass is 354 g/mol. The molecule has 0 fully saturated rings. The molecule has 0 atom stereocenters. The number of benzene rings is 2. The fraction of sp³-hybridized carbons (Fsp3) is 0.250. The lowest BCUT2D eigenvalue weighted by Gasteiger charge is -2.14. The molecular formula is C20H22N2O2S. The Hall–Kier alpha value is -2.24. The molecular weight excluding hydrogens is 332 g/mol. The first-order valence-corrected chi connectivity index (χ1v) is 9.87. The van der Waals surface area contributed by atoms with Gasteiger partial charge in [0.2, 0.25) is 9.84 Å². The molecule has 3 rings (SSSR count). The van der Waals surface area contributed by atoms with Gasteiger partial charge in [0.25, 0.3) is 0 Å². The normalized spacial score (nSPS) is 12.0. The van der Waals surface area contributed by atoms with E-state index in [1.54, 1.807) is 36.4 Å². The molecule has 0 saturated carbocycles. The van der Waals surface area contributed by atoms with Crippen molar-refractivity contribution >= 4 is 20.7 Å². The van der Waals surface area contributed by atoms with Gasteiger partial charge < -0.3 is 4.90 Å². The lowest BCUT2D eigenvalue weighted by molar-refractivity contribution is 0.358. The van der Waals surface area contributed by atoms with Gasteiger partial charge in [0.1, 0.15) is 0 Å². The summed E-state index contributed by atoms with van der Waals surface area (Å²) in [6, 6.07) is 16.1.